The number of carbonyl (C=O) groups is 2. The normalized spacial score (nSPS) is 17.4. The molecule has 0 aromatic heterocycles. The van der Waals surface area contributed by atoms with Gasteiger partial charge in [0.1, 0.15) is 11.4 Å². The zero-order valence-electron chi connectivity index (χ0n) is 17.9. The molecule has 34 heavy (non-hydrogen) atoms. The number of benzene rings is 2. The SMILES string of the molecule is CNC(=O)c1ccc(N2C(=S)N(c3ccc(C#N)c(C(F)(F)F)c3)C(=O)C23CCCC3)cc1F. The van der Waals surface area contributed by atoms with Crippen LogP contribution >= 0.6 is 12.2 Å². The van der Waals surface area contributed by atoms with Crippen molar-refractivity contribution in [1.82, 2.24) is 5.32 Å². The zero-order valence-corrected chi connectivity index (χ0v) is 18.7. The molecule has 6 nitrogen and oxygen atoms in total. The van der Waals surface area contributed by atoms with Crippen LogP contribution in [0.5, 0.6) is 0 Å². The number of alkyl halides is 3. The lowest BCUT2D eigenvalue weighted by molar-refractivity contribution is -0.137. The first-order valence-corrected chi connectivity index (χ1v) is 10.8. The Labute approximate surface area is 197 Å². The number of halogens is 4. The second-order valence-electron chi connectivity index (χ2n) is 8.08. The van der Waals surface area contributed by atoms with Gasteiger partial charge in [0.05, 0.1) is 28.4 Å². The van der Waals surface area contributed by atoms with Crippen LogP contribution in [0, 0.1) is 17.1 Å². The van der Waals surface area contributed by atoms with E-state index < -0.39 is 40.5 Å². The number of hydrogen-bond acceptors (Lipinski definition) is 4. The summed E-state index contributed by atoms with van der Waals surface area (Å²) in [6, 6.07) is 8.28. The van der Waals surface area contributed by atoms with Crippen LogP contribution in [0.3, 0.4) is 0 Å². The lowest BCUT2D eigenvalue weighted by Crippen LogP contribution is -2.47. The van der Waals surface area contributed by atoms with E-state index in [1.807, 2.05) is 0 Å². The Morgan fingerprint density at radius 1 is 1.15 bits per heavy atom. The molecular formula is C23H18F4N4O2S. The van der Waals surface area contributed by atoms with Gasteiger partial charge < -0.3 is 10.2 Å². The van der Waals surface area contributed by atoms with Gasteiger partial charge in [0.2, 0.25) is 0 Å². The van der Waals surface area contributed by atoms with E-state index in [1.54, 1.807) is 0 Å². The van der Waals surface area contributed by atoms with Gasteiger partial charge in [0.15, 0.2) is 5.11 Å². The monoisotopic (exact) mass is 490 g/mol. The van der Waals surface area contributed by atoms with Crippen LogP contribution in [0.2, 0.25) is 0 Å². The van der Waals surface area contributed by atoms with Crippen molar-refractivity contribution in [2.24, 2.45) is 0 Å². The Balaban J connectivity index is 1.83. The van der Waals surface area contributed by atoms with Crippen LogP contribution in [0.25, 0.3) is 0 Å². The van der Waals surface area contributed by atoms with Crippen molar-refractivity contribution in [1.29, 1.82) is 5.26 Å². The molecule has 1 aliphatic heterocycles. The molecule has 0 bridgehead atoms. The molecule has 0 radical (unpaired) electrons. The van der Waals surface area contributed by atoms with Crippen LogP contribution in [-0.2, 0) is 11.0 Å². The van der Waals surface area contributed by atoms with Gasteiger partial charge in [0.25, 0.3) is 11.8 Å². The average molecular weight is 490 g/mol. The fourth-order valence-corrected chi connectivity index (χ4v) is 5.09. The number of anilines is 2. The van der Waals surface area contributed by atoms with Gasteiger partial charge in [-0.1, -0.05) is 12.8 Å². The minimum atomic E-state index is -4.81. The summed E-state index contributed by atoms with van der Waals surface area (Å²) < 4.78 is 55.4. The van der Waals surface area contributed by atoms with Gasteiger partial charge in [-0.05, 0) is 61.5 Å². The van der Waals surface area contributed by atoms with Gasteiger partial charge in [0, 0.05) is 12.7 Å². The van der Waals surface area contributed by atoms with Gasteiger partial charge in [-0.2, -0.15) is 18.4 Å². The molecule has 2 aliphatic rings. The third-order valence-electron chi connectivity index (χ3n) is 6.21. The average Bonchev–Trinajstić information content (AvgIpc) is 3.36. The molecule has 176 valence electrons. The summed E-state index contributed by atoms with van der Waals surface area (Å²) in [5.74, 6) is -1.96. The molecule has 4 rings (SSSR count). The molecule has 0 unspecified atom stereocenters. The van der Waals surface area contributed by atoms with E-state index in [0.717, 1.165) is 23.1 Å². The number of nitriles is 1. The third kappa shape index (κ3) is 3.58. The minimum Gasteiger partial charge on any atom is -0.355 e. The predicted octanol–water partition coefficient (Wildman–Crippen LogP) is 4.53. The summed E-state index contributed by atoms with van der Waals surface area (Å²) >= 11 is 5.54. The summed E-state index contributed by atoms with van der Waals surface area (Å²) in [7, 11) is 1.36. The van der Waals surface area contributed by atoms with E-state index in [2.05, 4.69) is 5.32 Å². The Morgan fingerprint density at radius 2 is 1.79 bits per heavy atom. The van der Waals surface area contributed by atoms with E-state index in [-0.39, 0.29) is 22.1 Å². The van der Waals surface area contributed by atoms with Crippen LogP contribution < -0.4 is 15.1 Å². The third-order valence-corrected chi connectivity index (χ3v) is 6.58. The quantitative estimate of drug-likeness (QED) is 0.506. The summed E-state index contributed by atoms with van der Waals surface area (Å²) in [4.78, 5) is 28.0. The van der Waals surface area contributed by atoms with Crippen molar-refractivity contribution in [2.75, 3.05) is 16.8 Å². The second kappa shape index (κ2) is 8.36. The van der Waals surface area contributed by atoms with Gasteiger partial charge in [-0.3, -0.25) is 14.5 Å². The van der Waals surface area contributed by atoms with Crippen molar-refractivity contribution >= 4 is 40.5 Å². The number of nitrogens with zero attached hydrogens (tertiary/aromatic N) is 3. The Hall–Kier alpha value is -3.52. The molecule has 2 aromatic carbocycles. The van der Waals surface area contributed by atoms with Crippen molar-refractivity contribution < 1.29 is 27.2 Å². The summed E-state index contributed by atoms with van der Waals surface area (Å²) in [6.07, 6.45) is -2.69. The number of hydrogen-bond donors (Lipinski definition) is 1. The molecule has 0 atom stereocenters. The molecular weight excluding hydrogens is 472 g/mol. The number of carbonyl (C=O) groups excluding carboxylic acids is 2. The van der Waals surface area contributed by atoms with E-state index in [0.29, 0.717) is 25.7 Å². The lowest BCUT2D eigenvalue weighted by Gasteiger charge is -2.32. The second-order valence-corrected chi connectivity index (χ2v) is 8.45. The maximum atomic E-state index is 14.7. The highest BCUT2D eigenvalue weighted by molar-refractivity contribution is 7.81. The summed E-state index contributed by atoms with van der Waals surface area (Å²) in [5.41, 5.74) is -3.03. The number of thiocarbonyl (C=S) groups is 1. The molecule has 1 saturated heterocycles. The van der Waals surface area contributed by atoms with Crippen molar-refractivity contribution in [3.05, 3.63) is 58.9 Å². The number of nitrogens with one attached hydrogen (secondary N) is 1. The molecule has 1 N–H and O–H groups in total. The highest BCUT2D eigenvalue weighted by Crippen LogP contribution is 2.46. The van der Waals surface area contributed by atoms with Crippen LogP contribution in [0.1, 0.15) is 47.2 Å². The van der Waals surface area contributed by atoms with Crippen LogP contribution in [0.4, 0.5) is 28.9 Å². The zero-order chi connectivity index (χ0) is 24.8. The van der Waals surface area contributed by atoms with Crippen molar-refractivity contribution in [3.63, 3.8) is 0 Å². The molecule has 1 saturated carbocycles. The standard InChI is InChI=1S/C23H18F4N4O2S/c1-29-19(32)16-7-6-15(11-18(16)24)31-21(34)30(20(33)22(31)8-2-3-9-22)14-5-4-13(12-28)17(10-14)23(25,26)27/h4-7,10-11H,2-3,8-9H2,1H3,(H,29,32). The first-order chi connectivity index (χ1) is 16.0. The van der Waals surface area contributed by atoms with Crippen molar-refractivity contribution in [3.8, 4) is 6.07 Å². The van der Waals surface area contributed by atoms with Crippen LogP contribution in [-0.4, -0.2) is 29.5 Å². The predicted molar refractivity (Wildman–Crippen MR) is 120 cm³/mol. The van der Waals surface area contributed by atoms with E-state index in [1.165, 1.54) is 36.2 Å². The molecule has 2 amide bonds. The maximum Gasteiger partial charge on any atom is 0.417 e. The Kier molecular flexibility index (Phi) is 5.81. The first kappa shape index (κ1) is 23.6. The maximum absolute atomic E-state index is 14.7. The van der Waals surface area contributed by atoms with Gasteiger partial charge in [-0.15, -0.1) is 0 Å². The van der Waals surface area contributed by atoms with Gasteiger partial charge in [-0.25, -0.2) is 4.39 Å². The molecule has 1 heterocycles. The molecule has 11 heteroatoms. The number of amides is 2. The van der Waals surface area contributed by atoms with E-state index in [9.17, 15) is 27.2 Å². The largest absolute Gasteiger partial charge is 0.417 e. The van der Waals surface area contributed by atoms with E-state index in [4.69, 9.17) is 17.5 Å². The fourth-order valence-electron chi connectivity index (χ4n) is 4.62. The topological polar surface area (TPSA) is 76.4 Å². The lowest BCUT2D eigenvalue weighted by atomic mass is 9.94. The smallest absolute Gasteiger partial charge is 0.355 e. The molecule has 2 fully saturated rings. The van der Waals surface area contributed by atoms with E-state index >= 15 is 0 Å². The highest BCUT2D eigenvalue weighted by Gasteiger charge is 2.57. The number of rotatable bonds is 3. The Morgan fingerprint density at radius 3 is 2.35 bits per heavy atom. The molecule has 1 spiro atoms. The molecule has 2 aromatic rings. The minimum absolute atomic E-state index is 0.100. The highest BCUT2D eigenvalue weighted by atomic mass is 32.1. The first-order valence-electron chi connectivity index (χ1n) is 10.4. The fraction of sp³-hybridized carbons (Fsp3) is 0.304. The molecule has 1 aliphatic carbocycles. The van der Waals surface area contributed by atoms with Crippen LogP contribution in [0.15, 0.2) is 36.4 Å². The Bertz CT molecular complexity index is 1250. The van der Waals surface area contributed by atoms with Crippen molar-refractivity contribution in [2.45, 2.75) is 37.4 Å². The summed E-state index contributed by atoms with van der Waals surface area (Å²) in [5, 5.41) is 11.3. The van der Waals surface area contributed by atoms with Gasteiger partial charge >= 0.3 is 6.18 Å². The summed E-state index contributed by atoms with van der Waals surface area (Å²) in [6.45, 7) is 0.